The summed E-state index contributed by atoms with van der Waals surface area (Å²) in [6.45, 7) is 5.67. The van der Waals surface area contributed by atoms with Crippen molar-refractivity contribution in [1.82, 2.24) is 0 Å². The van der Waals surface area contributed by atoms with Gasteiger partial charge in [0.2, 0.25) is 0 Å². The Bertz CT molecular complexity index is 385. The van der Waals surface area contributed by atoms with Crippen molar-refractivity contribution in [3.8, 4) is 0 Å². The molecule has 1 N–H and O–H groups in total. The summed E-state index contributed by atoms with van der Waals surface area (Å²) < 4.78 is 9.55. The Kier molecular flexibility index (Phi) is 8.74. The fraction of sp³-hybridized carbons (Fsp3) is 0.500. The summed E-state index contributed by atoms with van der Waals surface area (Å²) >= 11 is 0. The van der Waals surface area contributed by atoms with Gasteiger partial charge in [0.15, 0.2) is 0 Å². The molecule has 0 saturated carbocycles. The van der Waals surface area contributed by atoms with Crippen molar-refractivity contribution in [3.63, 3.8) is 0 Å². The van der Waals surface area contributed by atoms with Crippen LogP contribution in [0.4, 0.5) is 0 Å². The van der Waals surface area contributed by atoms with E-state index in [1.54, 1.807) is 0 Å². The van der Waals surface area contributed by atoms with Gasteiger partial charge in [0.1, 0.15) is 0 Å². The first-order valence-electron chi connectivity index (χ1n) is 6.23. The fourth-order valence-electron chi connectivity index (χ4n) is 1.55. The lowest BCUT2D eigenvalue weighted by Crippen LogP contribution is -2.26. The highest BCUT2D eigenvalue weighted by atomic mass is 16.5. The molecule has 20 heavy (non-hydrogen) atoms. The third-order valence-electron chi connectivity index (χ3n) is 2.56. The zero-order valence-corrected chi connectivity index (χ0v) is 11.7. The van der Waals surface area contributed by atoms with E-state index in [-0.39, 0.29) is 13.0 Å². The second kappa shape index (κ2) is 9.77. The van der Waals surface area contributed by atoms with Crippen LogP contribution in [-0.4, -0.2) is 36.7 Å². The van der Waals surface area contributed by atoms with Crippen LogP contribution in [0.3, 0.4) is 0 Å². The van der Waals surface area contributed by atoms with E-state index in [4.69, 9.17) is 9.84 Å². The van der Waals surface area contributed by atoms with E-state index >= 15 is 0 Å². The average Bonchev–Trinajstić information content (AvgIpc) is 2.43. The molecular formula is C14H20O6. The molecule has 0 heterocycles. The van der Waals surface area contributed by atoms with Gasteiger partial charge in [0.05, 0.1) is 26.1 Å². The summed E-state index contributed by atoms with van der Waals surface area (Å²) in [4.78, 5) is 33.8. The van der Waals surface area contributed by atoms with Crippen molar-refractivity contribution in [3.05, 3.63) is 24.8 Å². The summed E-state index contributed by atoms with van der Waals surface area (Å²) in [6, 6.07) is 0. The van der Waals surface area contributed by atoms with Gasteiger partial charge in [-0.2, -0.15) is 0 Å². The molecule has 6 heteroatoms. The quantitative estimate of drug-likeness (QED) is 0.392. The predicted molar refractivity (Wildman–Crippen MR) is 71.8 cm³/mol. The van der Waals surface area contributed by atoms with Crippen LogP contribution < -0.4 is 0 Å². The Morgan fingerprint density at radius 1 is 1.35 bits per heavy atom. The number of aliphatic carboxylic acids is 1. The van der Waals surface area contributed by atoms with Gasteiger partial charge >= 0.3 is 17.9 Å². The largest absolute Gasteiger partial charge is 0.478 e. The van der Waals surface area contributed by atoms with Crippen LogP contribution in [0.5, 0.6) is 0 Å². The molecule has 0 aliphatic carbocycles. The monoisotopic (exact) mass is 284 g/mol. The van der Waals surface area contributed by atoms with Gasteiger partial charge < -0.3 is 14.6 Å². The first-order chi connectivity index (χ1) is 9.46. The number of hydrogen-bond acceptors (Lipinski definition) is 5. The molecule has 6 nitrogen and oxygen atoms in total. The van der Waals surface area contributed by atoms with Crippen LogP contribution in [0.2, 0.25) is 0 Å². The molecule has 2 unspecified atom stereocenters. The van der Waals surface area contributed by atoms with Gasteiger partial charge in [-0.1, -0.05) is 19.1 Å². The summed E-state index contributed by atoms with van der Waals surface area (Å²) in [6.07, 6.45) is 4.09. The maximum Gasteiger partial charge on any atom is 0.327 e. The van der Waals surface area contributed by atoms with Gasteiger partial charge in [-0.3, -0.25) is 9.59 Å². The number of carboxylic acid groups (broad SMARTS) is 1. The Labute approximate surface area is 118 Å². The number of carbonyl (C=O) groups excluding carboxylic acids is 2. The number of allylic oxidation sites excluding steroid dienone is 2. The summed E-state index contributed by atoms with van der Waals surface area (Å²) in [7, 11) is 1.20. The molecule has 112 valence electrons. The molecular weight excluding hydrogens is 264 g/mol. The highest BCUT2D eigenvalue weighted by Gasteiger charge is 2.29. The Morgan fingerprint density at radius 2 is 2.00 bits per heavy atom. The SMILES string of the molecule is C=CC(/C=C/C(=O)O)C(CC(=O)OCCC)C(=O)OC. The molecule has 0 spiro atoms. The van der Waals surface area contributed by atoms with Gasteiger partial charge in [-0.05, 0) is 6.42 Å². The second-order valence-electron chi connectivity index (χ2n) is 4.06. The minimum Gasteiger partial charge on any atom is -0.478 e. The lowest BCUT2D eigenvalue weighted by Gasteiger charge is -2.18. The molecule has 0 aromatic heterocycles. The third kappa shape index (κ3) is 6.72. The number of esters is 2. The van der Waals surface area contributed by atoms with Crippen molar-refractivity contribution >= 4 is 17.9 Å². The van der Waals surface area contributed by atoms with E-state index in [1.807, 2.05) is 6.92 Å². The second-order valence-corrected chi connectivity index (χ2v) is 4.06. The molecule has 0 rings (SSSR count). The number of hydrogen-bond donors (Lipinski definition) is 1. The molecule has 0 aliphatic heterocycles. The van der Waals surface area contributed by atoms with E-state index in [1.165, 1.54) is 19.3 Å². The highest BCUT2D eigenvalue weighted by Crippen LogP contribution is 2.21. The fourth-order valence-corrected chi connectivity index (χ4v) is 1.55. The van der Waals surface area contributed by atoms with Crippen LogP contribution >= 0.6 is 0 Å². The zero-order chi connectivity index (χ0) is 15.5. The average molecular weight is 284 g/mol. The van der Waals surface area contributed by atoms with Crippen molar-refractivity contribution < 1.29 is 29.0 Å². The first kappa shape index (κ1) is 17.9. The number of carboxylic acids is 1. The van der Waals surface area contributed by atoms with Crippen LogP contribution in [0.1, 0.15) is 19.8 Å². The van der Waals surface area contributed by atoms with Crippen LogP contribution in [0.25, 0.3) is 0 Å². The van der Waals surface area contributed by atoms with E-state index < -0.39 is 29.7 Å². The molecule has 2 atom stereocenters. The smallest absolute Gasteiger partial charge is 0.327 e. The molecule has 0 aliphatic rings. The number of ether oxygens (including phenoxy) is 2. The van der Waals surface area contributed by atoms with Crippen molar-refractivity contribution in [1.29, 1.82) is 0 Å². The lowest BCUT2D eigenvalue weighted by molar-refractivity contribution is -0.154. The molecule has 0 fully saturated rings. The first-order valence-corrected chi connectivity index (χ1v) is 6.23. The molecule has 0 aromatic rings. The molecule has 0 saturated heterocycles. The Balaban J connectivity index is 4.92. The minimum atomic E-state index is -1.14. The van der Waals surface area contributed by atoms with Crippen molar-refractivity contribution in [2.75, 3.05) is 13.7 Å². The summed E-state index contributed by atoms with van der Waals surface area (Å²) in [5, 5.41) is 8.60. The van der Waals surface area contributed by atoms with Crippen molar-refractivity contribution in [2.24, 2.45) is 11.8 Å². The highest BCUT2D eigenvalue weighted by molar-refractivity contribution is 5.82. The van der Waals surface area contributed by atoms with E-state index in [0.717, 1.165) is 6.08 Å². The lowest BCUT2D eigenvalue weighted by atomic mass is 9.89. The normalized spacial score (nSPS) is 13.5. The molecule has 0 amide bonds. The van der Waals surface area contributed by atoms with E-state index in [2.05, 4.69) is 11.3 Å². The Hall–Kier alpha value is -2.11. The van der Waals surface area contributed by atoms with Crippen molar-refractivity contribution in [2.45, 2.75) is 19.8 Å². The molecule has 0 radical (unpaired) electrons. The zero-order valence-electron chi connectivity index (χ0n) is 11.7. The van der Waals surface area contributed by atoms with E-state index in [0.29, 0.717) is 6.42 Å². The van der Waals surface area contributed by atoms with Gasteiger partial charge in [-0.15, -0.1) is 6.58 Å². The standard InChI is InChI=1S/C14H20O6/c1-4-8-20-13(17)9-11(14(18)19-3)10(5-2)6-7-12(15)16/h5-7,10-11H,2,4,8-9H2,1,3H3,(H,15,16)/b7-6+. The van der Waals surface area contributed by atoms with Gasteiger partial charge in [0, 0.05) is 12.0 Å². The van der Waals surface area contributed by atoms with Crippen LogP contribution in [-0.2, 0) is 23.9 Å². The number of rotatable bonds is 9. The summed E-state index contributed by atoms with van der Waals surface area (Å²) in [5.41, 5.74) is 0. The van der Waals surface area contributed by atoms with Crippen LogP contribution in [0, 0.1) is 11.8 Å². The molecule has 0 bridgehead atoms. The van der Waals surface area contributed by atoms with Crippen LogP contribution in [0.15, 0.2) is 24.8 Å². The predicted octanol–water partition coefficient (Wildman–Crippen LogP) is 1.56. The van der Waals surface area contributed by atoms with Gasteiger partial charge in [-0.25, -0.2) is 4.79 Å². The number of carbonyl (C=O) groups is 3. The third-order valence-corrected chi connectivity index (χ3v) is 2.56. The maximum absolute atomic E-state index is 11.7. The molecule has 0 aromatic carbocycles. The van der Waals surface area contributed by atoms with E-state index in [9.17, 15) is 14.4 Å². The Morgan fingerprint density at radius 3 is 2.45 bits per heavy atom. The maximum atomic E-state index is 11.7. The topological polar surface area (TPSA) is 89.9 Å². The van der Waals surface area contributed by atoms with Gasteiger partial charge in [0.25, 0.3) is 0 Å². The number of methoxy groups -OCH3 is 1. The minimum absolute atomic E-state index is 0.187. The summed E-state index contributed by atoms with van der Waals surface area (Å²) in [5.74, 6) is -3.75.